The van der Waals surface area contributed by atoms with Gasteiger partial charge in [-0.2, -0.15) is 4.39 Å². The molecule has 0 saturated heterocycles. The van der Waals surface area contributed by atoms with Gasteiger partial charge in [0.05, 0.1) is 5.69 Å². The monoisotopic (exact) mass is 217 g/mol. The van der Waals surface area contributed by atoms with Crippen LogP contribution >= 0.6 is 0 Å². The van der Waals surface area contributed by atoms with Gasteiger partial charge in [0.1, 0.15) is 0 Å². The van der Waals surface area contributed by atoms with Crippen LogP contribution in [0.5, 0.6) is 0 Å². The molecule has 0 aliphatic rings. The van der Waals surface area contributed by atoms with Crippen molar-refractivity contribution in [1.82, 2.24) is 4.98 Å². The third-order valence-corrected chi connectivity index (χ3v) is 2.23. The number of benzene rings is 1. The molecule has 0 bridgehead atoms. The molecule has 0 fully saturated rings. The fourth-order valence-corrected chi connectivity index (χ4v) is 1.41. The summed E-state index contributed by atoms with van der Waals surface area (Å²) in [5.74, 6) is -0.864. The molecule has 0 saturated carbocycles. The molecule has 0 spiro atoms. The van der Waals surface area contributed by atoms with Gasteiger partial charge in [-0.15, -0.1) is 0 Å². The lowest BCUT2D eigenvalue weighted by atomic mass is 9.81. The average Bonchev–Trinajstić information content (AvgIpc) is 2.29. The molecule has 2 rings (SSSR count). The maximum absolute atomic E-state index is 13.4. The molecule has 16 heavy (non-hydrogen) atoms. The lowest BCUT2D eigenvalue weighted by molar-refractivity contribution is 0.422. The Morgan fingerprint density at radius 1 is 1.00 bits per heavy atom. The number of halogens is 1. The zero-order valence-corrected chi connectivity index (χ0v) is 8.34. The third-order valence-electron chi connectivity index (χ3n) is 2.23. The van der Waals surface area contributed by atoms with E-state index in [1.807, 2.05) is 18.2 Å². The van der Waals surface area contributed by atoms with Crippen molar-refractivity contribution in [2.45, 2.75) is 0 Å². The second-order valence-electron chi connectivity index (χ2n) is 3.32. The fraction of sp³-hybridized carbons (Fsp3) is 0. The minimum Gasteiger partial charge on any atom is -0.423 e. The van der Waals surface area contributed by atoms with Crippen molar-refractivity contribution < 1.29 is 14.4 Å². The van der Waals surface area contributed by atoms with Crippen LogP contribution in [0.15, 0.2) is 42.5 Å². The van der Waals surface area contributed by atoms with E-state index >= 15 is 0 Å². The van der Waals surface area contributed by atoms with Crippen LogP contribution in [0.2, 0.25) is 0 Å². The quantitative estimate of drug-likeness (QED) is 0.571. The largest absolute Gasteiger partial charge is 0.493 e. The van der Waals surface area contributed by atoms with Crippen molar-refractivity contribution in [3.05, 3.63) is 48.4 Å². The molecule has 0 aliphatic carbocycles. The predicted octanol–water partition coefficient (Wildman–Crippen LogP) is 0.567. The van der Waals surface area contributed by atoms with Gasteiger partial charge in [-0.1, -0.05) is 36.4 Å². The average molecular weight is 217 g/mol. The van der Waals surface area contributed by atoms with E-state index in [1.54, 1.807) is 18.2 Å². The van der Waals surface area contributed by atoms with E-state index in [9.17, 15) is 4.39 Å². The van der Waals surface area contributed by atoms with E-state index in [0.29, 0.717) is 5.69 Å². The molecule has 0 amide bonds. The molecule has 2 aromatic rings. The van der Waals surface area contributed by atoms with Gasteiger partial charge < -0.3 is 10.0 Å². The van der Waals surface area contributed by atoms with E-state index in [4.69, 9.17) is 10.0 Å². The number of hydrogen-bond acceptors (Lipinski definition) is 3. The van der Waals surface area contributed by atoms with Crippen LogP contribution in [-0.4, -0.2) is 22.2 Å². The standard InChI is InChI=1S/C11H9BFNO2/c13-11-9(12(15)16)6-7-10(14-11)8-4-2-1-3-5-8/h1-7,15-16H. The summed E-state index contributed by atoms with van der Waals surface area (Å²) in [7, 11) is -1.84. The lowest BCUT2D eigenvalue weighted by Gasteiger charge is -2.04. The number of pyridine rings is 1. The SMILES string of the molecule is OB(O)c1ccc(-c2ccccc2)nc1F. The Labute approximate surface area is 92.4 Å². The smallest absolute Gasteiger partial charge is 0.423 e. The van der Waals surface area contributed by atoms with Gasteiger partial charge in [0.25, 0.3) is 0 Å². The molecule has 3 nitrogen and oxygen atoms in total. The van der Waals surface area contributed by atoms with Crippen LogP contribution < -0.4 is 5.46 Å². The van der Waals surface area contributed by atoms with Gasteiger partial charge in [-0.3, -0.25) is 0 Å². The maximum atomic E-state index is 13.4. The van der Waals surface area contributed by atoms with Crippen molar-refractivity contribution >= 4 is 12.6 Å². The Balaban J connectivity index is 2.43. The maximum Gasteiger partial charge on any atom is 0.493 e. The van der Waals surface area contributed by atoms with Crippen LogP contribution in [0, 0.1) is 5.95 Å². The summed E-state index contributed by atoms with van der Waals surface area (Å²) in [5, 5.41) is 17.7. The summed E-state index contributed by atoms with van der Waals surface area (Å²) in [5.41, 5.74) is 1.02. The first-order valence-corrected chi connectivity index (χ1v) is 4.76. The summed E-state index contributed by atoms with van der Waals surface area (Å²) < 4.78 is 13.4. The minimum atomic E-state index is -1.84. The highest BCUT2D eigenvalue weighted by molar-refractivity contribution is 6.58. The Morgan fingerprint density at radius 3 is 2.25 bits per heavy atom. The normalized spacial score (nSPS) is 10.2. The Bertz CT molecular complexity index is 491. The van der Waals surface area contributed by atoms with E-state index in [2.05, 4.69) is 4.98 Å². The summed E-state index contributed by atoms with van der Waals surface area (Å²) in [6, 6.07) is 12.0. The Morgan fingerprint density at radius 2 is 1.69 bits per heavy atom. The van der Waals surface area contributed by atoms with Gasteiger partial charge in [0, 0.05) is 11.0 Å². The zero-order chi connectivity index (χ0) is 11.5. The van der Waals surface area contributed by atoms with Gasteiger partial charge in [-0.05, 0) is 6.07 Å². The molecule has 80 valence electrons. The molecule has 1 aromatic heterocycles. The lowest BCUT2D eigenvalue weighted by Crippen LogP contribution is -2.33. The topological polar surface area (TPSA) is 53.4 Å². The van der Waals surface area contributed by atoms with E-state index in [1.165, 1.54) is 6.07 Å². The van der Waals surface area contributed by atoms with Crippen molar-refractivity contribution in [2.75, 3.05) is 0 Å². The molecule has 5 heteroatoms. The Hall–Kier alpha value is -1.72. The second kappa shape index (κ2) is 4.43. The molecule has 0 aliphatic heterocycles. The van der Waals surface area contributed by atoms with E-state index in [-0.39, 0.29) is 5.46 Å². The van der Waals surface area contributed by atoms with Gasteiger partial charge in [0.2, 0.25) is 5.95 Å². The third kappa shape index (κ3) is 2.10. The van der Waals surface area contributed by atoms with E-state index < -0.39 is 13.1 Å². The van der Waals surface area contributed by atoms with E-state index in [0.717, 1.165) is 5.56 Å². The molecule has 1 heterocycles. The molecule has 0 unspecified atom stereocenters. The number of rotatable bonds is 2. The van der Waals surface area contributed by atoms with Crippen molar-refractivity contribution in [3.8, 4) is 11.3 Å². The second-order valence-corrected chi connectivity index (χ2v) is 3.32. The van der Waals surface area contributed by atoms with Gasteiger partial charge in [0.15, 0.2) is 0 Å². The van der Waals surface area contributed by atoms with Crippen LogP contribution in [0.1, 0.15) is 0 Å². The molecular weight excluding hydrogens is 208 g/mol. The number of aromatic nitrogens is 1. The van der Waals surface area contributed by atoms with Crippen LogP contribution in [0.3, 0.4) is 0 Å². The molecule has 1 aromatic carbocycles. The first-order valence-electron chi connectivity index (χ1n) is 4.76. The Kier molecular flexibility index (Phi) is 2.98. The highest BCUT2D eigenvalue weighted by Gasteiger charge is 2.17. The summed E-state index contributed by atoms with van der Waals surface area (Å²) in [6.07, 6.45) is 0. The van der Waals surface area contributed by atoms with Crippen molar-refractivity contribution in [3.63, 3.8) is 0 Å². The first kappa shape index (κ1) is 10.8. The summed E-state index contributed by atoms with van der Waals surface area (Å²) in [4.78, 5) is 3.68. The van der Waals surface area contributed by atoms with Gasteiger partial charge in [-0.25, -0.2) is 4.98 Å². The number of nitrogens with zero attached hydrogens (tertiary/aromatic N) is 1. The predicted molar refractivity (Wildman–Crippen MR) is 59.5 cm³/mol. The van der Waals surface area contributed by atoms with Gasteiger partial charge >= 0.3 is 7.12 Å². The molecule has 0 atom stereocenters. The fourth-order valence-electron chi connectivity index (χ4n) is 1.41. The highest BCUT2D eigenvalue weighted by atomic mass is 19.1. The molecular formula is C11H9BFNO2. The first-order chi connectivity index (χ1) is 7.68. The summed E-state index contributed by atoms with van der Waals surface area (Å²) in [6.45, 7) is 0. The minimum absolute atomic E-state index is 0.223. The molecule has 0 radical (unpaired) electrons. The molecule has 2 N–H and O–H groups in total. The van der Waals surface area contributed by atoms with Crippen LogP contribution in [0.25, 0.3) is 11.3 Å². The number of hydrogen-bond donors (Lipinski definition) is 2. The van der Waals surface area contributed by atoms with Crippen LogP contribution in [-0.2, 0) is 0 Å². The van der Waals surface area contributed by atoms with Crippen LogP contribution in [0.4, 0.5) is 4.39 Å². The highest BCUT2D eigenvalue weighted by Crippen LogP contribution is 2.15. The van der Waals surface area contributed by atoms with Crippen molar-refractivity contribution in [2.24, 2.45) is 0 Å². The summed E-state index contributed by atoms with van der Waals surface area (Å²) >= 11 is 0. The zero-order valence-electron chi connectivity index (χ0n) is 8.34. The van der Waals surface area contributed by atoms with Crippen molar-refractivity contribution in [1.29, 1.82) is 0 Å².